The monoisotopic (exact) mass is 368 g/mol. The summed E-state index contributed by atoms with van der Waals surface area (Å²) in [5, 5.41) is 5.50. The lowest BCUT2D eigenvalue weighted by Crippen LogP contribution is -2.16. The summed E-state index contributed by atoms with van der Waals surface area (Å²) < 4.78 is 26.8. The van der Waals surface area contributed by atoms with Crippen molar-refractivity contribution in [3.8, 4) is 0 Å². The summed E-state index contributed by atoms with van der Waals surface area (Å²) in [6.07, 6.45) is 1.39. The number of halogens is 2. The number of amides is 1. The van der Waals surface area contributed by atoms with Gasteiger partial charge < -0.3 is 10.6 Å². The van der Waals surface area contributed by atoms with Crippen LogP contribution in [-0.2, 0) is 0 Å². The van der Waals surface area contributed by atoms with Gasteiger partial charge in [-0.2, -0.15) is 0 Å². The minimum absolute atomic E-state index is 0.0131. The van der Waals surface area contributed by atoms with Gasteiger partial charge in [-0.3, -0.25) is 4.79 Å². The van der Waals surface area contributed by atoms with Gasteiger partial charge in [0.1, 0.15) is 17.3 Å². The lowest BCUT2D eigenvalue weighted by molar-refractivity contribution is 0.102. The van der Waals surface area contributed by atoms with E-state index in [2.05, 4.69) is 20.6 Å². The molecule has 0 saturated carbocycles. The van der Waals surface area contributed by atoms with Gasteiger partial charge in [0.15, 0.2) is 0 Å². The van der Waals surface area contributed by atoms with E-state index < -0.39 is 17.5 Å². The quantitative estimate of drug-likeness (QED) is 0.702. The molecule has 1 amide bonds. The topological polar surface area (TPSA) is 66.9 Å². The summed E-state index contributed by atoms with van der Waals surface area (Å²) in [6, 6.07) is 8.52. The number of aromatic nitrogens is 2. The number of carbonyl (C=O) groups excluding carboxylic acids is 1. The molecule has 2 N–H and O–H groups in total. The SMILES string of the molecule is Cc1cc(C)c(NC(=O)c2ccnc(Nc3ccc(F)cc3F)n2)c(C)c1. The average Bonchev–Trinajstić information content (AvgIpc) is 2.60. The first kappa shape index (κ1) is 18.4. The highest BCUT2D eigenvalue weighted by Gasteiger charge is 2.13. The van der Waals surface area contributed by atoms with Crippen molar-refractivity contribution in [1.29, 1.82) is 0 Å². The molecule has 5 nitrogen and oxygen atoms in total. The summed E-state index contributed by atoms with van der Waals surface area (Å²) in [4.78, 5) is 20.6. The van der Waals surface area contributed by atoms with Crippen molar-refractivity contribution >= 4 is 23.2 Å². The first-order chi connectivity index (χ1) is 12.8. The fourth-order valence-corrected chi connectivity index (χ4v) is 2.81. The van der Waals surface area contributed by atoms with E-state index in [1.807, 2.05) is 32.9 Å². The van der Waals surface area contributed by atoms with Crippen molar-refractivity contribution in [2.45, 2.75) is 20.8 Å². The summed E-state index contributed by atoms with van der Waals surface area (Å²) >= 11 is 0. The van der Waals surface area contributed by atoms with Crippen molar-refractivity contribution < 1.29 is 13.6 Å². The molecule has 0 atom stereocenters. The minimum Gasteiger partial charge on any atom is -0.322 e. The molecule has 0 unspecified atom stereocenters. The molecule has 0 fully saturated rings. The second kappa shape index (κ2) is 7.49. The van der Waals surface area contributed by atoms with Crippen LogP contribution in [0.4, 0.5) is 26.1 Å². The normalized spacial score (nSPS) is 10.6. The van der Waals surface area contributed by atoms with Gasteiger partial charge in [0.2, 0.25) is 5.95 Å². The molecule has 1 heterocycles. The van der Waals surface area contributed by atoms with E-state index >= 15 is 0 Å². The number of carbonyl (C=O) groups is 1. The summed E-state index contributed by atoms with van der Waals surface area (Å²) in [7, 11) is 0. The zero-order chi connectivity index (χ0) is 19.6. The van der Waals surface area contributed by atoms with Crippen LogP contribution in [-0.4, -0.2) is 15.9 Å². The molecule has 0 aliphatic rings. The maximum atomic E-state index is 13.8. The fraction of sp³-hybridized carbons (Fsp3) is 0.150. The number of anilines is 3. The molecule has 0 saturated heterocycles. The average molecular weight is 368 g/mol. The molecule has 0 aliphatic carbocycles. The van der Waals surface area contributed by atoms with Crippen molar-refractivity contribution in [3.63, 3.8) is 0 Å². The van der Waals surface area contributed by atoms with E-state index in [-0.39, 0.29) is 17.3 Å². The van der Waals surface area contributed by atoms with Gasteiger partial charge in [-0.15, -0.1) is 0 Å². The van der Waals surface area contributed by atoms with Gasteiger partial charge in [0, 0.05) is 18.0 Å². The molecular formula is C20H18F2N4O. The molecule has 138 valence electrons. The van der Waals surface area contributed by atoms with Crippen LogP contribution in [0.1, 0.15) is 27.2 Å². The number of hydrogen-bond donors (Lipinski definition) is 2. The summed E-state index contributed by atoms with van der Waals surface area (Å²) in [5.74, 6) is -1.84. The Labute approximate surface area is 155 Å². The van der Waals surface area contributed by atoms with Crippen LogP contribution >= 0.6 is 0 Å². The van der Waals surface area contributed by atoms with Gasteiger partial charge in [-0.05, 0) is 50.1 Å². The summed E-state index contributed by atoms with van der Waals surface area (Å²) in [6.45, 7) is 5.82. The van der Waals surface area contributed by atoms with Crippen molar-refractivity contribution in [3.05, 3.63) is 76.6 Å². The highest BCUT2D eigenvalue weighted by Crippen LogP contribution is 2.23. The maximum absolute atomic E-state index is 13.8. The van der Waals surface area contributed by atoms with Gasteiger partial charge >= 0.3 is 0 Å². The molecule has 27 heavy (non-hydrogen) atoms. The van der Waals surface area contributed by atoms with Gasteiger partial charge in [-0.25, -0.2) is 18.7 Å². The Morgan fingerprint density at radius 2 is 1.70 bits per heavy atom. The molecule has 2 aromatic carbocycles. The van der Waals surface area contributed by atoms with Crippen molar-refractivity contribution in [2.75, 3.05) is 10.6 Å². The predicted octanol–water partition coefficient (Wildman–Crippen LogP) is 4.68. The van der Waals surface area contributed by atoms with Crippen LogP contribution in [0.25, 0.3) is 0 Å². The van der Waals surface area contributed by atoms with Crippen molar-refractivity contribution in [2.24, 2.45) is 0 Å². The third kappa shape index (κ3) is 4.25. The molecule has 3 aromatic rings. The van der Waals surface area contributed by atoms with E-state index in [0.717, 1.165) is 34.5 Å². The van der Waals surface area contributed by atoms with Crippen LogP contribution in [0.2, 0.25) is 0 Å². The highest BCUT2D eigenvalue weighted by atomic mass is 19.1. The zero-order valence-electron chi connectivity index (χ0n) is 15.1. The Hall–Kier alpha value is -3.35. The number of nitrogens with one attached hydrogen (secondary N) is 2. The Kier molecular flexibility index (Phi) is 5.12. The summed E-state index contributed by atoms with van der Waals surface area (Å²) in [5.41, 5.74) is 3.86. The van der Waals surface area contributed by atoms with Gasteiger partial charge in [0.05, 0.1) is 5.69 Å². The fourth-order valence-electron chi connectivity index (χ4n) is 2.81. The van der Waals surface area contributed by atoms with E-state index in [1.54, 1.807) is 0 Å². The Bertz CT molecular complexity index is 998. The molecule has 0 radical (unpaired) electrons. The predicted molar refractivity (Wildman–Crippen MR) is 100 cm³/mol. The minimum atomic E-state index is -0.778. The Morgan fingerprint density at radius 1 is 1.00 bits per heavy atom. The van der Waals surface area contributed by atoms with E-state index in [0.29, 0.717) is 0 Å². The van der Waals surface area contributed by atoms with Crippen LogP contribution in [0.5, 0.6) is 0 Å². The second-order valence-electron chi connectivity index (χ2n) is 6.24. The third-order valence-corrected chi connectivity index (χ3v) is 3.98. The number of rotatable bonds is 4. The molecule has 0 spiro atoms. The molecule has 0 bridgehead atoms. The number of nitrogens with zero attached hydrogens (tertiary/aromatic N) is 2. The lowest BCUT2D eigenvalue weighted by Gasteiger charge is -2.13. The zero-order valence-corrected chi connectivity index (χ0v) is 15.1. The lowest BCUT2D eigenvalue weighted by atomic mass is 10.1. The molecule has 3 rings (SSSR count). The van der Waals surface area contributed by atoms with Gasteiger partial charge in [-0.1, -0.05) is 17.7 Å². The van der Waals surface area contributed by atoms with Crippen LogP contribution < -0.4 is 10.6 Å². The smallest absolute Gasteiger partial charge is 0.274 e. The van der Waals surface area contributed by atoms with Crippen LogP contribution in [0, 0.1) is 32.4 Å². The van der Waals surface area contributed by atoms with E-state index in [4.69, 9.17) is 0 Å². The van der Waals surface area contributed by atoms with Crippen LogP contribution in [0.15, 0.2) is 42.6 Å². The molecule has 0 aliphatic heterocycles. The molecular weight excluding hydrogens is 350 g/mol. The Balaban J connectivity index is 1.82. The highest BCUT2D eigenvalue weighted by molar-refractivity contribution is 6.03. The number of benzene rings is 2. The van der Waals surface area contributed by atoms with E-state index in [1.165, 1.54) is 18.3 Å². The van der Waals surface area contributed by atoms with E-state index in [9.17, 15) is 13.6 Å². The van der Waals surface area contributed by atoms with Crippen molar-refractivity contribution in [1.82, 2.24) is 9.97 Å². The Morgan fingerprint density at radius 3 is 2.37 bits per heavy atom. The second-order valence-corrected chi connectivity index (χ2v) is 6.24. The maximum Gasteiger partial charge on any atom is 0.274 e. The van der Waals surface area contributed by atoms with Crippen LogP contribution in [0.3, 0.4) is 0 Å². The third-order valence-electron chi connectivity index (χ3n) is 3.98. The standard InChI is InChI=1S/C20H18F2N4O/c1-11-8-12(2)18(13(3)9-11)26-19(27)17-6-7-23-20(25-17)24-16-5-4-14(21)10-15(16)22/h4-10H,1-3H3,(H,26,27)(H,23,24,25). The largest absolute Gasteiger partial charge is 0.322 e. The molecule has 1 aromatic heterocycles. The number of aryl methyl sites for hydroxylation is 3. The first-order valence-corrected chi connectivity index (χ1v) is 8.28. The molecule has 7 heteroatoms. The van der Waals surface area contributed by atoms with Gasteiger partial charge in [0.25, 0.3) is 5.91 Å². The number of hydrogen-bond acceptors (Lipinski definition) is 4. The first-order valence-electron chi connectivity index (χ1n) is 8.28.